The molecule has 0 fully saturated rings. The highest BCUT2D eigenvalue weighted by Gasteiger charge is 2.28. The van der Waals surface area contributed by atoms with E-state index in [2.05, 4.69) is 10.3 Å². The lowest BCUT2D eigenvalue weighted by Crippen LogP contribution is -2.37. The quantitative estimate of drug-likeness (QED) is 0.438. The van der Waals surface area contributed by atoms with E-state index in [0.29, 0.717) is 22.5 Å². The second-order valence-electron chi connectivity index (χ2n) is 6.96. The first-order valence-electron chi connectivity index (χ1n) is 9.68. The van der Waals surface area contributed by atoms with Crippen LogP contribution in [0.3, 0.4) is 0 Å². The molecule has 0 spiro atoms. The first-order chi connectivity index (χ1) is 13.9. The van der Waals surface area contributed by atoms with Crippen LogP contribution < -0.4 is 5.32 Å². The van der Waals surface area contributed by atoms with E-state index in [1.54, 1.807) is 34.0 Å². The topological polar surface area (TPSA) is 84.3 Å². The SMILES string of the molecule is CCOC(=O)c1c(C)[nH]c(C(=O)[C@H](C)N[C@H](c2ccccc2)c2ccco2)c1C. The number of aromatic amines is 1. The third-order valence-electron chi connectivity index (χ3n) is 4.93. The number of furan rings is 1. The van der Waals surface area contributed by atoms with Gasteiger partial charge in [0.15, 0.2) is 5.78 Å². The number of hydrogen-bond donors (Lipinski definition) is 2. The van der Waals surface area contributed by atoms with Crippen molar-refractivity contribution in [3.8, 4) is 0 Å². The minimum Gasteiger partial charge on any atom is -0.467 e. The van der Waals surface area contributed by atoms with Crippen molar-refractivity contribution in [1.29, 1.82) is 0 Å². The Balaban J connectivity index is 1.86. The van der Waals surface area contributed by atoms with Crippen molar-refractivity contribution in [3.05, 3.63) is 82.6 Å². The molecule has 152 valence electrons. The standard InChI is InChI=1S/C23H26N2O4/c1-5-28-23(27)19-14(2)20(24-15(19)3)22(26)16(4)25-21(18-12-9-13-29-18)17-10-7-6-8-11-17/h6-13,16,21,24-25H,5H2,1-4H3/t16-,21+/m0/s1. The molecule has 0 amide bonds. The number of carbonyl (C=O) groups excluding carboxylic acids is 2. The monoisotopic (exact) mass is 394 g/mol. The van der Waals surface area contributed by atoms with Crippen LogP contribution in [-0.2, 0) is 4.74 Å². The maximum Gasteiger partial charge on any atom is 0.340 e. The first-order valence-corrected chi connectivity index (χ1v) is 9.68. The van der Waals surface area contributed by atoms with Crippen LogP contribution in [0.25, 0.3) is 0 Å². The van der Waals surface area contributed by atoms with Gasteiger partial charge >= 0.3 is 5.97 Å². The fourth-order valence-corrected chi connectivity index (χ4v) is 3.49. The maximum atomic E-state index is 13.2. The van der Waals surface area contributed by atoms with Gasteiger partial charge in [0.25, 0.3) is 0 Å². The van der Waals surface area contributed by atoms with Gasteiger partial charge in [0.2, 0.25) is 0 Å². The fraction of sp³-hybridized carbons (Fsp3) is 0.304. The van der Waals surface area contributed by atoms with E-state index in [0.717, 1.165) is 11.3 Å². The predicted molar refractivity (Wildman–Crippen MR) is 110 cm³/mol. The molecule has 0 bridgehead atoms. The molecule has 6 nitrogen and oxygen atoms in total. The number of aromatic nitrogens is 1. The number of carbonyl (C=O) groups is 2. The van der Waals surface area contributed by atoms with E-state index < -0.39 is 12.0 Å². The summed E-state index contributed by atoms with van der Waals surface area (Å²) < 4.78 is 10.7. The summed E-state index contributed by atoms with van der Waals surface area (Å²) >= 11 is 0. The van der Waals surface area contributed by atoms with Crippen molar-refractivity contribution in [2.24, 2.45) is 0 Å². The highest BCUT2D eigenvalue weighted by molar-refractivity contribution is 6.03. The van der Waals surface area contributed by atoms with Crippen LogP contribution in [-0.4, -0.2) is 29.4 Å². The summed E-state index contributed by atoms with van der Waals surface area (Å²) in [5.41, 5.74) is 3.06. The molecule has 0 aliphatic rings. The molecule has 2 N–H and O–H groups in total. The third-order valence-corrected chi connectivity index (χ3v) is 4.93. The summed E-state index contributed by atoms with van der Waals surface area (Å²) in [5, 5.41) is 3.36. The molecule has 0 saturated carbocycles. The summed E-state index contributed by atoms with van der Waals surface area (Å²) in [6.45, 7) is 7.37. The van der Waals surface area contributed by atoms with Crippen LogP contribution >= 0.6 is 0 Å². The molecular weight excluding hydrogens is 368 g/mol. The van der Waals surface area contributed by atoms with E-state index >= 15 is 0 Å². The number of nitrogens with one attached hydrogen (secondary N) is 2. The van der Waals surface area contributed by atoms with Gasteiger partial charge in [-0.15, -0.1) is 0 Å². The number of esters is 1. The molecule has 0 radical (unpaired) electrons. The van der Waals surface area contributed by atoms with Crippen molar-refractivity contribution in [2.75, 3.05) is 6.61 Å². The van der Waals surface area contributed by atoms with Gasteiger partial charge in [-0.2, -0.15) is 0 Å². The lowest BCUT2D eigenvalue weighted by Gasteiger charge is -2.21. The zero-order chi connectivity index (χ0) is 21.0. The highest BCUT2D eigenvalue weighted by Crippen LogP contribution is 2.25. The Labute approximate surface area is 170 Å². The normalized spacial score (nSPS) is 13.1. The Morgan fingerprint density at radius 3 is 2.48 bits per heavy atom. The number of rotatable bonds is 8. The smallest absolute Gasteiger partial charge is 0.340 e. The van der Waals surface area contributed by atoms with Crippen molar-refractivity contribution in [2.45, 2.75) is 39.8 Å². The second kappa shape index (κ2) is 8.92. The van der Waals surface area contributed by atoms with Crippen LogP contribution in [0, 0.1) is 13.8 Å². The molecule has 0 unspecified atom stereocenters. The molecule has 29 heavy (non-hydrogen) atoms. The van der Waals surface area contributed by atoms with Crippen molar-refractivity contribution in [3.63, 3.8) is 0 Å². The highest BCUT2D eigenvalue weighted by atomic mass is 16.5. The Hall–Kier alpha value is -3.12. The van der Waals surface area contributed by atoms with Crippen molar-refractivity contribution >= 4 is 11.8 Å². The number of benzene rings is 1. The van der Waals surface area contributed by atoms with E-state index in [1.165, 1.54) is 0 Å². The summed E-state index contributed by atoms with van der Waals surface area (Å²) in [5.74, 6) is 0.173. The van der Waals surface area contributed by atoms with Crippen LogP contribution in [0.2, 0.25) is 0 Å². The summed E-state index contributed by atoms with van der Waals surface area (Å²) in [7, 11) is 0. The van der Waals surface area contributed by atoms with Gasteiger partial charge in [0.05, 0.1) is 36.2 Å². The second-order valence-corrected chi connectivity index (χ2v) is 6.96. The molecule has 2 heterocycles. The van der Waals surface area contributed by atoms with Gasteiger partial charge in [0.1, 0.15) is 5.76 Å². The summed E-state index contributed by atoms with van der Waals surface area (Å²) in [6.07, 6.45) is 1.61. The zero-order valence-electron chi connectivity index (χ0n) is 17.1. The number of Topliss-reactive ketones (excluding diaryl/α,β-unsaturated/α-hetero) is 1. The molecule has 2 atom stereocenters. The zero-order valence-corrected chi connectivity index (χ0v) is 17.1. The van der Waals surface area contributed by atoms with E-state index in [-0.39, 0.29) is 18.4 Å². The fourth-order valence-electron chi connectivity index (χ4n) is 3.49. The Morgan fingerprint density at radius 1 is 1.14 bits per heavy atom. The molecule has 3 aromatic rings. The first kappa shape index (κ1) is 20.6. The summed E-state index contributed by atoms with van der Waals surface area (Å²) in [4.78, 5) is 28.5. The van der Waals surface area contributed by atoms with Gasteiger partial charge in [-0.1, -0.05) is 30.3 Å². The molecule has 3 rings (SSSR count). The third kappa shape index (κ3) is 4.32. The number of ether oxygens (including phenoxy) is 1. The predicted octanol–water partition coefficient (Wildman–Crippen LogP) is 4.35. The van der Waals surface area contributed by atoms with E-state index in [1.807, 2.05) is 42.5 Å². The number of hydrogen-bond acceptors (Lipinski definition) is 5. The molecule has 0 aliphatic carbocycles. The Kier molecular flexibility index (Phi) is 6.34. The van der Waals surface area contributed by atoms with Crippen molar-refractivity contribution < 1.29 is 18.7 Å². The average molecular weight is 394 g/mol. The van der Waals surface area contributed by atoms with Crippen LogP contribution in [0.15, 0.2) is 53.1 Å². The van der Waals surface area contributed by atoms with Crippen LogP contribution in [0.4, 0.5) is 0 Å². The Bertz CT molecular complexity index is 974. The lowest BCUT2D eigenvalue weighted by atomic mass is 10.0. The van der Waals surface area contributed by atoms with Crippen molar-refractivity contribution in [1.82, 2.24) is 10.3 Å². The lowest BCUT2D eigenvalue weighted by molar-refractivity contribution is 0.0525. The number of ketones is 1. The maximum absolute atomic E-state index is 13.2. The van der Waals surface area contributed by atoms with Gasteiger partial charge in [0, 0.05) is 5.69 Å². The van der Waals surface area contributed by atoms with Gasteiger partial charge in [-0.05, 0) is 51.0 Å². The average Bonchev–Trinajstić information content (AvgIpc) is 3.34. The Morgan fingerprint density at radius 2 is 1.86 bits per heavy atom. The number of H-pyrrole nitrogens is 1. The molecule has 0 saturated heterocycles. The molecule has 1 aromatic carbocycles. The summed E-state index contributed by atoms with van der Waals surface area (Å²) in [6, 6.07) is 12.7. The minimum atomic E-state index is -0.517. The minimum absolute atomic E-state index is 0.131. The van der Waals surface area contributed by atoms with E-state index in [9.17, 15) is 9.59 Å². The van der Waals surface area contributed by atoms with Crippen LogP contribution in [0.5, 0.6) is 0 Å². The van der Waals surface area contributed by atoms with Gasteiger partial charge in [-0.3, -0.25) is 10.1 Å². The molecule has 2 aromatic heterocycles. The molecule has 6 heteroatoms. The van der Waals surface area contributed by atoms with Gasteiger partial charge in [-0.25, -0.2) is 4.79 Å². The van der Waals surface area contributed by atoms with E-state index in [4.69, 9.17) is 9.15 Å². The largest absolute Gasteiger partial charge is 0.467 e. The number of aryl methyl sites for hydroxylation is 1. The van der Waals surface area contributed by atoms with Crippen LogP contribution in [0.1, 0.15) is 63.3 Å². The molecule has 0 aliphatic heterocycles. The van der Waals surface area contributed by atoms with Gasteiger partial charge < -0.3 is 14.1 Å². The molecular formula is C23H26N2O4.